The maximum Gasteiger partial charge on any atom is 0.133 e. The summed E-state index contributed by atoms with van der Waals surface area (Å²) in [5.74, 6) is 2.80. The second-order valence-corrected chi connectivity index (χ2v) is 5.86. The molecule has 0 spiro atoms. The number of piperidine rings is 1. The number of hydrogen-bond donors (Lipinski definition) is 2. The van der Waals surface area contributed by atoms with Crippen molar-refractivity contribution < 1.29 is 0 Å². The van der Waals surface area contributed by atoms with Crippen LogP contribution in [0.2, 0.25) is 0 Å². The minimum Gasteiger partial charge on any atom is -0.366 e. The van der Waals surface area contributed by atoms with Crippen molar-refractivity contribution in [2.75, 3.05) is 18.4 Å². The highest BCUT2D eigenvalue weighted by molar-refractivity contribution is 5.49. The minimum absolute atomic E-state index is 0.661. The maximum atomic E-state index is 4.50. The van der Waals surface area contributed by atoms with Gasteiger partial charge in [0.25, 0.3) is 0 Å². The summed E-state index contributed by atoms with van der Waals surface area (Å²) in [7, 11) is 0. The average Bonchev–Trinajstić information content (AvgIpc) is 2.90. The van der Waals surface area contributed by atoms with Crippen LogP contribution >= 0.6 is 0 Å². The smallest absolute Gasteiger partial charge is 0.133 e. The number of fused-ring (bicyclic) bond motifs is 2. The Morgan fingerprint density at radius 3 is 2.78 bits per heavy atom. The molecule has 0 radical (unpaired) electrons. The Bertz CT molecular complexity index is 449. The lowest BCUT2D eigenvalue weighted by Gasteiger charge is -2.13. The quantitative estimate of drug-likeness (QED) is 0.772. The Hall–Kier alpha value is -1.16. The first kappa shape index (κ1) is 10.7. The van der Waals surface area contributed by atoms with Crippen molar-refractivity contribution in [3.8, 4) is 0 Å². The molecular formula is C14H20N4. The molecule has 3 aliphatic rings. The fourth-order valence-corrected chi connectivity index (χ4v) is 3.61. The number of hydrogen-bond acceptors (Lipinski definition) is 4. The van der Waals surface area contributed by atoms with Crippen molar-refractivity contribution in [1.82, 2.24) is 15.3 Å². The van der Waals surface area contributed by atoms with Gasteiger partial charge in [0.2, 0.25) is 0 Å². The average molecular weight is 244 g/mol. The number of anilines is 1. The fourth-order valence-electron chi connectivity index (χ4n) is 3.61. The van der Waals surface area contributed by atoms with Crippen LogP contribution in [0.15, 0.2) is 6.33 Å². The molecule has 2 heterocycles. The van der Waals surface area contributed by atoms with Gasteiger partial charge >= 0.3 is 0 Å². The fraction of sp³-hybridized carbons (Fsp3) is 0.714. The first-order chi connectivity index (χ1) is 8.93. The molecule has 4 rings (SSSR count). The van der Waals surface area contributed by atoms with Crippen molar-refractivity contribution in [3.05, 3.63) is 17.6 Å². The van der Waals surface area contributed by atoms with Gasteiger partial charge in [0.1, 0.15) is 12.1 Å². The van der Waals surface area contributed by atoms with Crippen LogP contribution < -0.4 is 10.6 Å². The van der Waals surface area contributed by atoms with E-state index in [-0.39, 0.29) is 0 Å². The zero-order valence-corrected chi connectivity index (χ0v) is 10.7. The van der Waals surface area contributed by atoms with E-state index in [0.29, 0.717) is 6.04 Å². The second kappa shape index (κ2) is 4.19. The third-order valence-corrected chi connectivity index (χ3v) is 4.77. The van der Waals surface area contributed by atoms with Crippen LogP contribution in [0.4, 0.5) is 5.82 Å². The Morgan fingerprint density at radius 1 is 1.06 bits per heavy atom. The lowest BCUT2D eigenvalue weighted by Crippen LogP contribution is -2.22. The van der Waals surface area contributed by atoms with E-state index >= 15 is 0 Å². The van der Waals surface area contributed by atoms with E-state index in [1.807, 2.05) is 0 Å². The van der Waals surface area contributed by atoms with Crippen LogP contribution in [0.5, 0.6) is 0 Å². The van der Waals surface area contributed by atoms with Crippen molar-refractivity contribution >= 4 is 5.82 Å². The van der Waals surface area contributed by atoms with Gasteiger partial charge in [0.15, 0.2) is 0 Å². The van der Waals surface area contributed by atoms with Crippen molar-refractivity contribution in [2.24, 2.45) is 11.8 Å². The lowest BCUT2D eigenvalue weighted by atomic mass is 10.1. The molecule has 2 aliphatic carbocycles. The zero-order valence-electron chi connectivity index (χ0n) is 10.7. The van der Waals surface area contributed by atoms with Crippen LogP contribution in [0, 0.1) is 11.8 Å². The van der Waals surface area contributed by atoms with Crippen molar-refractivity contribution in [3.63, 3.8) is 0 Å². The van der Waals surface area contributed by atoms with E-state index in [0.717, 1.165) is 30.5 Å². The molecule has 1 saturated carbocycles. The van der Waals surface area contributed by atoms with Gasteiger partial charge in [-0.3, -0.25) is 0 Å². The summed E-state index contributed by atoms with van der Waals surface area (Å²) in [6, 6.07) is 0.661. The number of rotatable bonds is 2. The van der Waals surface area contributed by atoms with Gasteiger partial charge in [-0.05, 0) is 37.5 Å². The van der Waals surface area contributed by atoms with Crippen LogP contribution in [0.25, 0.3) is 0 Å². The molecule has 2 atom stereocenters. The van der Waals surface area contributed by atoms with E-state index < -0.39 is 0 Å². The Balaban J connectivity index is 1.57. The summed E-state index contributed by atoms with van der Waals surface area (Å²) < 4.78 is 0. The minimum atomic E-state index is 0.661. The Labute approximate surface area is 108 Å². The molecule has 2 unspecified atom stereocenters. The van der Waals surface area contributed by atoms with Crippen LogP contribution in [0.1, 0.15) is 30.5 Å². The van der Waals surface area contributed by atoms with E-state index in [1.165, 1.54) is 43.6 Å². The van der Waals surface area contributed by atoms with Crippen molar-refractivity contribution in [1.29, 1.82) is 0 Å². The van der Waals surface area contributed by atoms with E-state index in [1.54, 1.807) is 6.33 Å². The summed E-state index contributed by atoms with van der Waals surface area (Å²) >= 11 is 0. The molecule has 2 fully saturated rings. The van der Waals surface area contributed by atoms with Gasteiger partial charge in [-0.15, -0.1) is 0 Å². The van der Waals surface area contributed by atoms with Gasteiger partial charge in [0, 0.05) is 30.4 Å². The highest BCUT2D eigenvalue weighted by Crippen LogP contribution is 2.44. The SMILES string of the molecule is c1nc2c(c(NC3C4CNCC43)n1)CCCCC2. The summed E-state index contributed by atoms with van der Waals surface area (Å²) in [6.45, 7) is 2.35. The van der Waals surface area contributed by atoms with E-state index in [4.69, 9.17) is 0 Å². The maximum absolute atomic E-state index is 4.50. The largest absolute Gasteiger partial charge is 0.366 e. The molecule has 4 heteroatoms. The van der Waals surface area contributed by atoms with Gasteiger partial charge < -0.3 is 10.6 Å². The van der Waals surface area contributed by atoms with Crippen LogP contribution in [-0.2, 0) is 12.8 Å². The monoisotopic (exact) mass is 244 g/mol. The molecule has 1 aromatic rings. The first-order valence-electron chi connectivity index (χ1n) is 7.23. The molecular weight excluding hydrogens is 224 g/mol. The van der Waals surface area contributed by atoms with Crippen LogP contribution in [-0.4, -0.2) is 29.1 Å². The molecule has 4 nitrogen and oxygen atoms in total. The summed E-state index contributed by atoms with van der Waals surface area (Å²) in [6.07, 6.45) is 7.91. The molecule has 1 saturated heterocycles. The van der Waals surface area contributed by atoms with Gasteiger partial charge in [-0.1, -0.05) is 6.42 Å². The highest BCUT2D eigenvalue weighted by Gasteiger charge is 2.53. The molecule has 1 aromatic heterocycles. The molecule has 1 aliphatic heterocycles. The number of nitrogens with zero attached hydrogens (tertiary/aromatic N) is 2. The Morgan fingerprint density at radius 2 is 1.89 bits per heavy atom. The molecule has 96 valence electrons. The highest BCUT2D eigenvalue weighted by atomic mass is 15.1. The lowest BCUT2D eigenvalue weighted by molar-refractivity contribution is 0.693. The van der Waals surface area contributed by atoms with Crippen molar-refractivity contribution in [2.45, 2.75) is 38.1 Å². The predicted octanol–water partition coefficient (Wildman–Crippen LogP) is 1.38. The summed E-state index contributed by atoms with van der Waals surface area (Å²) in [5.41, 5.74) is 2.68. The molecule has 0 bridgehead atoms. The molecule has 2 N–H and O–H groups in total. The predicted molar refractivity (Wildman–Crippen MR) is 70.6 cm³/mol. The zero-order chi connectivity index (χ0) is 11.9. The van der Waals surface area contributed by atoms with E-state index in [9.17, 15) is 0 Å². The number of aromatic nitrogens is 2. The van der Waals surface area contributed by atoms with E-state index in [2.05, 4.69) is 20.6 Å². The van der Waals surface area contributed by atoms with Gasteiger partial charge in [-0.2, -0.15) is 0 Å². The summed E-state index contributed by atoms with van der Waals surface area (Å²) in [4.78, 5) is 8.97. The second-order valence-electron chi connectivity index (χ2n) is 5.86. The third-order valence-electron chi connectivity index (χ3n) is 4.77. The third kappa shape index (κ3) is 1.70. The van der Waals surface area contributed by atoms with Gasteiger partial charge in [-0.25, -0.2) is 9.97 Å². The standard InChI is InChI=1S/C14H20N4/c1-2-4-9-12(5-3-1)16-8-17-14(9)18-13-10-6-15-7-11(10)13/h8,10-11,13,15H,1-7H2,(H,16,17,18). The normalized spacial score (nSPS) is 33.4. The first-order valence-corrected chi connectivity index (χ1v) is 7.23. The molecule has 0 amide bonds. The Kier molecular flexibility index (Phi) is 2.50. The topological polar surface area (TPSA) is 49.8 Å². The molecule has 0 aromatic carbocycles. The van der Waals surface area contributed by atoms with Gasteiger partial charge in [0.05, 0.1) is 0 Å². The number of nitrogens with one attached hydrogen (secondary N) is 2. The summed E-state index contributed by atoms with van der Waals surface area (Å²) in [5, 5.41) is 7.12. The van der Waals surface area contributed by atoms with Crippen LogP contribution in [0.3, 0.4) is 0 Å². The molecule has 18 heavy (non-hydrogen) atoms. The number of aryl methyl sites for hydroxylation is 1.